The second kappa shape index (κ2) is 2.93. The molecule has 1 heterocycles. The fraction of sp³-hybridized carbons (Fsp3) is 0.500. The lowest BCUT2D eigenvalue weighted by molar-refractivity contribution is 0.856. The molecule has 8 heavy (non-hydrogen) atoms. The maximum Gasteiger partial charge on any atom is 0.151 e. The van der Waals surface area contributed by atoms with Crippen LogP contribution >= 0.6 is 21.8 Å². The summed E-state index contributed by atoms with van der Waals surface area (Å²) in [6, 6.07) is 0. The van der Waals surface area contributed by atoms with Crippen molar-refractivity contribution in [3.63, 3.8) is 0 Å². The normalized spacial score (nSPS) is 9.62. The molecule has 0 saturated heterocycles. The first kappa shape index (κ1) is 5.90. The van der Waals surface area contributed by atoms with Crippen molar-refractivity contribution in [1.29, 1.82) is 0 Å². The largest absolute Gasteiger partial charge is 0.163 e. The summed E-state index contributed by atoms with van der Waals surface area (Å²) in [5, 5.41) is 10.5. The summed E-state index contributed by atoms with van der Waals surface area (Å²) < 4.78 is 1.59. The molecule has 0 amide bonds. The lowest BCUT2D eigenvalue weighted by Gasteiger charge is -1.86. The van der Waals surface area contributed by atoms with E-state index in [2.05, 4.69) is 15.5 Å². The first-order valence-corrected chi connectivity index (χ1v) is 4.39. The highest BCUT2D eigenvalue weighted by Gasteiger charge is 1.86. The zero-order valence-electron chi connectivity index (χ0n) is 4.18. The number of tetrazole rings is 1. The van der Waals surface area contributed by atoms with Gasteiger partial charge in [0.05, 0.1) is 0 Å². The zero-order valence-corrected chi connectivity index (χ0v) is 5.82. The van der Waals surface area contributed by atoms with E-state index in [1.54, 1.807) is 21.2 Å². The van der Waals surface area contributed by atoms with Crippen LogP contribution in [0.2, 0.25) is 0 Å². The molecule has 0 aliphatic carbocycles. The van der Waals surface area contributed by atoms with Crippen molar-refractivity contribution in [3.8, 4) is 0 Å². The highest BCUT2D eigenvalue weighted by molar-refractivity contribution is 8.75. The highest BCUT2D eigenvalue weighted by Crippen LogP contribution is 2.15. The molecule has 4 nitrogen and oxygen atoms in total. The Balaban J connectivity index is 2.50. The van der Waals surface area contributed by atoms with Gasteiger partial charge in [-0.25, -0.2) is 0 Å². The van der Waals surface area contributed by atoms with Gasteiger partial charge >= 0.3 is 0 Å². The van der Waals surface area contributed by atoms with E-state index in [0.717, 1.165) is 0 Å². The molecule has 0 aliphatic rings. The fourth-order valence-electron chi connectivity index (χ4n) is 0.263. The van der Waals surface area contributed by atoms with E-state index >= 15 is 0 Å². The maximum absolute atomic E-state index is 3.60. The van der Waals surface area contributed by atoms with Crippen molar-refractivity contribution in [2.75, 3.05) is 6.26 Å². The number of hydrogen-bond acceptors (Lipinski definition) is 5. The third kappa shape index (κ3) is 1.38. The average Bonchev–Trinajstić information content (AvgIpc) is 2.19. The van der Waals surface area contributed by atoms with Crippen LogP contribution in [0.3, 0.4) is 0 Å². The molecule has 0 unspecified atom stereocenters. The first-order chi connectivity index (χ1) is 3.93. The molecule has 0 N–H and O–H groups in total. The van der Waals surface area contributed by atoms with Gasteiger partial charge in [-0.15, -0.1) is 5.10 Å². The summed E-state index contributed by atoms with van der Waals surface area (Å²) in [6.45, 7) is 0. The molecule has 1 rings (SSSR count). The quantitative estimate of drug-likeness (QED) is 0.570. The number of aromatic nitrogens is 4. The maximum atomic E-state index is 3.60. The summed E-state index contributed by atoms with van der Waals surface area (Å²) in [5.74, 6) is 0. The summed E-state index contributed by atoms with van der Waals surface area (Å²) >= 11 is 0. The molecular formula is C2H4N4S2. The van der Waals surface area contributed by atoms with E-state index in [0.29, 0.717) is 0 Å². The summed E-state index contributed by atoms with van der Waals surface area (Å²) in [5.41, 5.74) is 0. The molecule has 0 aliphatic heterocycles. The minimum absolute atomic E-state index is 1.48. The van der Waals surface area contributed by atoms with E-state index < -0.39 is 0 Å². The third-order valence-corrected chi connectivity index (χ3v) is 1.86. The van der Waals surface area contributed by atoms with E-state index in [4.69, 9.17) is 0 Å². The van der Waals surface area contributed by atoms with Gasteiger partial charge in [0.15, 0.2) is 6.33 Å². The Labute approximate surface area is 54.6 Å². The van der Waals surface area contributed by atoms with Crippen molar-refractivity contribution < 1.29 is 0 Å². The Kier molecular flexibility index (Phi) is 2.16. The Morgan fingerprint density at radius 1 is 1.62 bits per heavy atom. The SMILES string of the molecule is CSSn1cnnn1. The van der Waals surface area contributed by atoms with Crippen molar-refractivity contribution in [2.45, 2.75) is 0 Å². The molecule has 0 atom stereocenters. The lowest BCUT2D eigenvalue weighted by atomic mass is 11.4. The first-order valence-electron chi connectivity index (χ1n) is 1.87. The predicted molar refractivity (Wildman–Crippen MR) is 34.3 cm³/mol. The van der Waals surface area contributed by atoms with Gasteiger partial charge in [-0.05, 0) is 16.7 Å². The van der Waals surface area contributed by atoms with Crippen LogP contribution in [-0.4, -0.2) is 25.9 Å². The van der Waals surface area contributed by atoms with Crippen LogP contribution < -0.4 is 0 Å². The molecule has 44 valence electrons. The van der Waals surface area contributed by atoms with E-state index in [1.165, 1.54) is 11.0 Å². The second-order valence-corrected chi connectivity index (χ2v) is 3.26. The molecule has 0 fully saturated rings. The van der Waals surface area contributed by atoms with Gasteiger partial charge in [0.1, 0.15) is 0 Å². The molecule has 0 saturated carbocycles. The highest BCUT2D eigenvalue weighted by atomic mass is 33.1. The van der Waals surface area contributed by atoms with Crippen LogP contribution in [0.15, 0.2) is 6.33 Å². The smallest absolute Gasteiger partial charge is 0.151 e. The Bertz CT molecular complexity index is 138. The monoisotopic (exact) mass is 148 g/mol. The molecule has 0 bridgehead atoms. The third-order valence-electron chi connectivity index (χ3n) is 0.481. The van der Waals surface area contributed by atoms with Gasteiger partial charge in [-0.1, -0.05) is 10.8 Å². The molecular weight excluding hydrogens is 144 g/mol. The van der Waals surface area contributed by atoms with Crippen LogP contribution in [0, 0.1) is 0 Å². The topological polar surface area (TPSA) is 43.6 Å². The molecule has 6 heteroatoms. The van der Waals surface area contributed by atoms with Crippen LogP contribution in [0.4, 0.5) is 0 Å². The second-order valence-electron chi connectivity index (χ2n) is 0.954. The molecule has 1 aromatic heterocycles. The predicted octanol–water partition coefficient (Wildman–Crippen LogP) is 0.447. The molecule has 1 aromatic rings. The summed E-state index contributed by atoms with van der Waals surface area (Å²) in [4.78, 5) is 0. The van der Waals surface area contributed by atoms with Crippen LogP contribution in [0.1, 0.15) is 0 Å². The number of hydrogen-bond donors (Lipinski definition) is 0. The van der Waals surface area contributed by atoms with Gasteiger partial charge in [-0.3, -0.25) is 0 Å². The van der Waals surface area contributed by atoms with Gasteiger partial charge in [0.25, 0.3) is 0 Å². The fourth-order valence-corrected chi connectivity index (χ4v) is 1.22. The Morgan fingerprint density at radius 2 is 2.50 bits per heavy atom. The van der Waals surface area contributed by atoms with E-state index in [1.807, 2.05) is 6.26 Å². The van der Waals surface area contributed by atoms with Crippen molar-refractivity contribution in [3.05, 3.63) is 6.33 Å². The minimum Gasteiger partial charge on any atom is -0.163 e. The van der Waals surface area contributed by atoms with Crippen LogP contribution in [0.25, 0.3) is 0 Å². The van der Waals surface area contributed by atoms with Gasteiger partial charge in [0.2, 0.25) is 0 Å². The molecule has 0 radical (unpaired) electrons. The van der Waals surface area contributed by atoms with Gasteiger partial charge in [-0.2, -0.15) is 4.09 Å². The lowest BCUT2D eigenvalue weighted by Crippen LogP contribution is -1.82. The van der Waals surface area contributed by atoms with E-state index in [-0.39, 0.29) is 0 Å². The number of rotatable bonds is 2. The van der Waals surface area contributed by atoms with E-state index in [9.17, 15) is 0 Å². The van der Waals surface area contributed by atoms with Gasteiger partial charge < -0.3 is 0 Å². The Morgan fingerprint density at radius 3 is 3.00 bits per heavy atom. The minimum atomic E-state index is 1.48. The van der Waals surface area contributed by atoms with Crippen molar-refractivity contribution >= 4 is 21.8 Å². The standard InChI is InChI=1S/C2H4N4S2/c1-7-8-6-2-3-4-5-6/h2H,1H3. The van der Waals surface area contributed by atoms with Gasteiger partial charge in [0, 0.05) is 11.0 Å². The Hall–Kier alpha value is -0.230. The van der Waals surface area contributed by atoms with Crippen molar-refractivity contribution in [2.24, 2.45) is 0 Å². The summed E-state index contributed by atoms with van der Waals surface area (Å²) in [7, 11) is 3.08. The van der Waals surface area contributed by atoms with Crippen LogP contribution in [0.5, 0.6) is 0 Å². The molecule has 0 aromatic carbocycles. The molecule has 0 spiro atoms. The zero-order chi connectivity index (χ0) is 5.82. The van der Waals surface area contributed by atoms with Crippen LogP contribution in [-0.2, 0) is 0 Å². The summed E-state index contributed by atoms with van der Waals surface area (Å²) in [6.07, 6.45) is 3.52. The average molecular weight is 148 g/mol. The number of nitrogens with zero attached hydrogens (tertiary/aromatic N) is 4. The van der Waals surface area contributed by atoms with Crippen molar-refractivity contribution in [1.82, 2.24) is 19.6 Å².